The molecule has 1 aliphatic rings. The van der Waals surface area contributed by atoms with Gasteiger partial charge in [-0.1, -0.05) is 12.1 Å². The molecule has 14 nitrogen and oxygen atoms in total. The minimum absolute atomic E-state index is 0.0144. The van der Waals surface area contributed by atoms with Crippen molar-refractivity contribution < 1.29 is 33.1 Å². The number of nitrogens with two attached hydrogens (primary N) is 1. The Morgan fingerprint density at radius 2 is 1.89 bits per heavy atom. The predicted molar refractivity (Wildman–Crippen MR) is 154 cm³/mol. The lowest BCUT2D eigenvalue weighted by molar-refractivity contribution is -0.123. The van der Waals surface area contributed by atoms with Crippen molar-refractivity contribution >= 4 is 29.5 Å². The number of benzene rings is 2. The third kappa shape index (κ3) is 8.59. The maximum atomic E-state index is 14.1. The third-order valence-electron chi connectivity index (χ3n) is 6.77. The molecule has 15 heteroatoms. The molecule has 2 aromatic carbocycles. The molecular formula is C29H33FN8O6. The normalized spacial score (nSPS) is 17.2. The van der Waals surface area contributed by atoms with Gasteiger partial charge in [0.15, 0.2) is 0 Å². The van der Waals surface area contributed by atoms with Gasteiger partial charge in [-0.3, -0.25) is 24.0 Å². The summed E-state index contributed by atoms with van der Waals surface area (Å²) in [7, 11) is 0. The first kappa shape index (κ1) is 31.6. The Hall–Kier alpha value is -5.34. The first-order chi connectivity index (χ1) is 21.2. The molecule has 5 amide bonds. The molecule has 2 heterocycles. The predicted octanol–water partition coefficient (Wildman–Crippen LogP) is 0.318. The van der Waals surface area contributed by atoms with Crippen LogP contribution in [0, 0.1) is 5.82 Å². The molecule has 0 bridgehead atoms. The molecule has 0 fully saturated rings. The lowest BCUT2D eigenvalue weighted by Crippen LogP contribution is -2.49. The second-order valence-electron chi connectivity index (χ2n) is 9.91. The molecule has 44 heavy (non-hydrogen) atoms. The van der Waals surface area contributed by atoms with Crippen LogP contribution in [0.5, 0.6) is 5.75 Å². The zero-order valence-electron chi connectivity index (χ0n) is 23.8. The van der Waals surface area contributed by atoms with Gasteiger partial charge in [-0.05, 0) is 43.2 Å². The SMILES string of the molecule is NC(=O)CC[C@@H]1NC(=O)c2cc(F)ccc2OCCNC(=O)CCCN(C(=O)c2ccccc2-n2cncn2)CCNC1=O. The van der Waals surface area contributed by atoms with E-state index in [1.54, 1.807) is 24.3 Å². The van der Waals surface area contributed by atoms with Crippen LogP contribution in [0.1, 0.15) is 46.4 Å². The van der Waals surface area contributed by atoms with E-state index in [0.717, 1.165) is 12.1 Å². The molecule has 3 aromatic rings. The van der Waals surface area contributed by atoms with Crippen LogP contribution in [0.3, 0.4) is 0 Å². The second kappa shape index (κ2) is 15.2. The van der Waals surface area contributed by atoms with E-state index in [0.29, 0.717) is 17.7 Å². The van der Waals surface area contributed by atoms with Crippen molar-refractivity contribution in [2.24, 2.45) is 5.73 Å². The Balaban J connectivity index is 1.57. The minimum atomic E-state index is -1.19. The molecule has 232 valence electrons. The Kier molecular flexibility index (Phi) is 10.9. The van der Waals surface area contributed by atoms with Crippen LogP contribution in [0.4, 0.5) is 4.39 Å². The van der Waals surface area contributed by atoms with Gasteiger partial charge >= 0.3 is 0 Å². The number of aromatic nitrogens is 3. The van der Waals surface area contributed by atoms with Gasteiger partial charge in [0, 0.05) is 32.5 Å². The largest absolute Gasteiger partial charge is 0.491 e. The standard InChI is InChI=1S/C29H33FN8O6/c30-19-7-9-24-21(16-19)27(41)36-22(8-10-25(31)39)28(42)34-11-14-37(13-3-6-26(40)33-12-15-44-24)29(43)20-4-1-2-5-23(20)38-18-32-17-35-38/h1-2,4-5,7,9,16-18,22H,3,6,8,10-15H2,(H2,31,39)(H,33,40)(H,34,42)(H,36,41)/t22-/m0/s1. The summed E-state index contributed by atoms with van der Waals surface area (Å²) in [6.07, 6.45) is 2.94. The molecule has 5 N–H and O–H groups in total. The van der Waals surface area contributed by atoms with Crippen LogP contribution in [0.2, 0.25) is 0 Å². The summed E-state index contributed by atoms with van der Waals surface area (Å²) in [6.45, 7) is 0.336. The van der Waals surface area contributed by atoms with Crippen LogP contribution in [0.15, 0.2) is 55.1 Å². The van der Waals surface area contributed by atoms with E-state index in [1.165, 1.54) is 28.3 Å². The number of carbonyl (C=O) groups excluding carboxylic acids is 5. The number of nitrogens with one attached hydrogen (secondary N) is 3. The molecule has 0 aliphatic carbocycles. The monoisotopic (exact) mass is 608 g/mol. The Morgan fingerprint density at radius 3 is 2.66 bits per heavy atom. The molecule has 0 unspecified atom stereocenters. The average molecular weight is 609 g/mol. The number of rotatable bonds is 5. The number of ether oxygens (including phenoxy) is 1. The maximum absolute atomic E-state index is 14.1. The van der Waals surface area contributed by atoms with Gasteiger partial charge in [-0.15, -0.1) is 0 Å². The number of carbonyl (C=O) groups is 5. The highest BCUT2D eigenvalue weighted by Crippen LogP contribution is 2.20. The Morgan fingerprint density at radius 1 is 1.07 bits per heavy atom. The fraction of sp³-hybridized carbons (Fsp3) is 0.345. The van der Waals surface area contributed by atoms with Crippen molar-refractivity contribution in [2.75, 3.05) is 32.8 Å². The third-order valence-corrected chi connectivity index (χ3v) is 6.77. The van der Waals surface area contributed by atoms with Crippen molar-refractivity contribution in [1.29, 1.82) is 0 Å². The summed E-state index contributed by atoms with van der Waals surface area (Å²) >= 11 is 0. The highest BCUT2D eigenvalue weighted by molar-refractivity contribution is 6.00. The molecule has 1 aliphatic heterocycles. The summed E-state index contributed by atoms with van der Waals surface area (Å²) in [6, 6.07) is 8.99. The van der Waals surface area contributed by atoms with Crippen LogP contribution < -0.4 is 26.4 Å². The first-order valence-corrected chi connectivity index (χ1v) is 14.0. The van der Waals surface area contributed by atoms with E-state index in [9.17, 15) is 28.4 Å². The topological polar surface area (TPSA) is 191 Å². The molecule has 1 atom stereocenters. The van der Waals surface area contributed by atoms with E-state index in [2.05, 4.69) is 26.0 Å². The van der Waals surface area contributed by atoms with Gasteiger partial charge in [0.1, 0.15) is 36.9 Å². The minimum Gasteiger partial charge on any atom is -0.491 e. The number of para-hydroxylation sites is 1. The number of fused-ring (bicyclic) bond motifs is 1. The van der Waals surface area contributed by atoms with Gasteiger partial charge in [0.05, 0.1) is 23.4 Å². The number of primary amides is 1. The summed E-state index contributed by atoms with van der Waals surface area (Å²) < 4.78 is 21.2. The van der Waals surface area contributed by atoms with Crippen LogP contribution >= 0.6 is 0 Å². The lowest BCUT2D eigenvalue weighted by Gasteiger charge is -2.25. The van der Waals surface area contributed by atoms with Crippen molar-refractivity contribution in [1.82, 2.24) is 35.6 Å². The van der Waals surface area contributed by atoms with Gasteiger partial charge in [-0.25, -0.2) is 14.1 Å². The van der Waals surface area contributed by atoms with Gasteiger partial charge in [0.25, 0.3) is 11.8 Å². The van der Waals surface area contributed by atoms with Crippen LogP contribution in [0.25, 0.3) is 5.69 Å². The van der Waals surface area contributed by atoms with Crippen LogP contribution in [-0.2, 0) is 14.4 Å². The fourth-order valence-corrected chi connectivity index (χ4v) is 4.58. The van der Waals surface area contributed by atoms with E-state index >= 15 is 0 Å². The van der Waals surface area contributed by atoms with Crippen LogP contribution in [-0.4, -0.2) is 88.0 Å². The number of amides is 5. The van der Waals surface area contributed by atoms with Crippen molar-refractivity contribution in [3.63, 3.8) is 0 Å². The molecule has 4 rings (SSSR count). The highest BCUT2D eigenvalue weighted by Gasteiger charge is 2.25. The molecule has 0 spiro atoms. The van der Waals surface area contributed by atoms with Gasteiger partial charge in [-0.2, -0.15) is 5.10 Å². The molecule has 0 radical (unpaired) electrons. The zero-order valence-corrected chi connectivity index (χ0v) is 23.8. The van der Waals surface area contributed by atoms with Gasteiger partial charge in [0.2, 0.25) is 17.7 Å². The second-order valence-corrected chi connectivity index (χ2v) is 9.91. The number of hydrogen-bond donors (Lipinski definition) is 4. The van der Waals surface area contributed by atoms with E-state index in [4.69, 9.17) is 10.5 Å². The molecule has 0 saturated carbocycles. The first-order valence-electron chi connectivity index (χ1n) is 14.0. The summed E-state index contributed by atoms with van der Waals surface area (Å²) in [5.41, 5.74) is 5.95. The smallest absolute Gasteiger partial charge is 0.256 e. The van der Waals surface area contributed by atoms with Crippen molar-refractivity contribution in [3.05, 3.63) is 72.1 Å². The van der Waals surface area contributed by atoms with E-state index < -0.39 is 29.6 Å². The molecule has 0 saturated heterocycles. The highest BCUT2D eigenvalue weighted by atomic mass is 19.1. The lowest BCUT2D eigenvalue weighted by atomic mass is 10.1. The average Bonchev–Trinajstić information content (AvgIpc) is 3.55. The summed E-state index contributed by atoms with van der Waals surface area (Å²) in [4.78, 5) is 69.5. The number of hydrogen-bond acceptors (Lipinski definition) is 8. The Labute approximate surface area is 252 Å². The Bertz CT molecular complexity index is 1500. The van der Waals surface area contributed by atoms with Gasteiger partial charge < -0.3 is 31.3 Å². The van der Waals surface area contributed by atoms with E-state index in [-0.39, 0.29) is 75.2 Å². The van der Waals surface area contributed by atoms with Crippen molar-refractivity contribution in [2.45, 2.75) is 31.7 Å². The molecular weight excluding hydrogens is 575 g/mol. The maximum Gasteiger partial charge on any atom is 0.256 e. The molecule has 1 aromatic heterocycles. The fourth-order valence-electron chi connectivity index (χ4n) is 4.58. The number of halogens is 1. The quantitative estimate of drug-likeness (QED) is 0.318. The summed E-state index contributed by atoms with van der Waals surface area (Å²) in [5, 5.41) is 12.1. The van der Waals surface area contributed by atoms with E-state index in [1.807, 2.05) is 0 Å². The number of nitrogens with zero attached hydrogens (tertiary/aromatic N) is 4. The van der Waals surface area contributed by atoms with Crippen molar-refractivity contribution in [3.8, 4) is 11.4 Å². The summed E-state index contributed by atoms with van der Waals surface area (Å²) in [5.74, 6) is -3.39. The zero-order chi connectivity index (χ0) is 31.5.